The highest BCUT2D eigenvalue weighted by atomic mass is 16.3. The summed E-state index contributed by atoms with van der Waals surface area (Å²) in [6, 6.07) is 62.2. The lowest BCUT2D eigenvalue weighted by Gasteiger charge is -2.38. The molecular weight excluding hydrogens is 683 g/mol. The second-order valence-corrected chi connectivity index (χ2v) is 15.0. The van der Waals surface area contributed by atoms with Crippen LogP contribution in [0, 0.1) is 0 Å². The molecule has 0 fully saturated rings. The SMILES string of the molecule is CC1(c2nc(-c3ccc4ccccc4c3)nc(-c3ccc4ccc5ccccc5c4c3)n2)c2c(oc3ccccc23)C=CC1c1ccc(-c2ccccc2)cc1. The molecule has 0 aliphatic heterocycles. The van der Waals surface area contributed by atoms with Gasteiger partial charge in [-0.2, -0.15) is 0 Å². The molecule has 0 spiro atoms. The minimum absolute atomic E-state index is 0.110. The standard InChI is InChI=1S/C52H35N3O/c1-52(45(29-30-47-48(52)43-17-9-10-18-46(43)56-47)38-25-19-35(20-26-38)33-11-3-2-4-12-33)51-54-49(40-27-21-34-13-5-6-15-39(34)31-40)53-50(55-51)41-28-24-37-23-22-36-14-7-8-16-42(36)44(37)32-41/h2-32,45H,1H3. The molecule has 4 nitrogen and oxygen atoms in total. The summed E-state index contributed by atoms with van der Waals surface area (Å²) in [5, 5.41) is 8.12. The van der Waals surface area contributed by atoms with Gasteiger partial charge in [0.05, 0.1) is 5.41 Å². The summed E-state index contributed by atoms with van der Waals surface area (Å²) >= 11 is 0. The van der Waals surface area contributed by atoms with E-state index in [4.69, 9.17) is 19.4 Å². The Bertz CT molecular complexity index is 3160. The highest BCUT2D eigenvalue weighted by molar-refractivity contribution is 6.08. The first-order chi connectivity index (χ1) is 27.6. The van der Waals surface area contributed by atoms with Gasteiger partial charge in [0.15, 0.2) is 11.6 Å². The number of furan rings is 1. The minimum atomic E-state index is -0.738. The Kier molecular flexibility index (Phi) is 7.33. The summed E-state index contributed by atoms with van der Waals surface area (Å²) in [7, 11) is 0. The second-order valence-electron chi connectivity index (χ2n) is 15.0. The molecular formula is C52H35N3O. The van der Waals surface area contributed by atoms with E-state index >= 15 is 0 Å². The smallest absolute Gasteiger partial charge is 0.163 e. The van der Waals surface area contributed by atoms with E-state index in [1.165, 1.54) is 43.6 Å². The summed E-state index contributed by atoms with van der Waals surface area (Å²) in [6.07, 6.45) is 4.40. The summed E-state index contributed by atoms with van der Waals surface area (Å²) < 4.78 is 6.58. The van der Waals surface area contributed by atoms with Crippen LogP contribution in [0.5, 0.6) is 0 Å². The summed E-state index contributed by atoms with van der Waals surface area (Å²) in [5.74, 6) is 2.68. The molecule has 1 aliphatic rings. The normalized spacial score (nSPS) is 16.5. The van der Waals surface area contributed by atoms with Gasteiger partial charge >= 0.3 is 0 Å². The third kappa shape index (κ3) is 5.18. The predicted octanol–water partition coefficient (Wildman–Crippen LogP) is 13.2. The van der Waals surface area contributed by atoms with E-state index in [1.807, 2.05) is 12.1 Å². The van der Waals surface area contributed by atoms with Crippen LogP contribution in [0.1, 0.15) is 35.6 Å². The van der Waals surface area contributed by atoms with Crippen LogP contribution < -0.4 is 0 Å². The van der Waals surface area contributed by atoms with Crippen LogP contribution in [-0.4, -0.2) is 15.0 Å². The molecule has 0 amide bonds. The predicted molar refractivity (Wildman–Crippen MR) is 230 cm³/mol. The van der Waals surface area contributed by atoms with E-state index in [1.54, 1.807) is 0 Å². The fourth-order valence-corrected chi connectivity index (χ4v) is 8.79. The van der Waals surface area contributed by atoms with Gasteiger partial charge in [-0.25, -0.2) is 15.0 Å². The van der Waals surface area contributed by atoms with Crippen LogP contribution in [0.25, 0.3) is 83.3 Å². The lowest BCUT2D eigenvalue weighted by Crippen LogP contribution is -2.35. The van der Waals surface area contributed by atoms with Crippen LogP contribution in [0.2, 0.25) is 0 Å². The quantitative estimate of drug-likeness (QED) is 0.166. The Morgan fingerprint density at radius 3 is 1.82 bits per heavy atom. The van der Waals surface area contributed by atoms with E-state index in [-0.39, 0.29) is 5.92 Å². The van der Waals surface area contributed by atoms with Crippen LogP contribution in [-0.2, 0) is 5.41 Å². The first kappa shape index (κ1) is 32.3. The fourth-order valence-electron chi connectivity index (χ4n) is 8.79. The first-order valence-corrected chi connectivity index (χ1v) is 19.1. The summed E-state index contributed by atoms with van der Waals surface area (Å²) in [5.41, 5.74) is 6.61. The van der Waals surface area contributed by atoms with Crippen molar-refractivity contribution in [1.82, 2.24) is 15.0 Å². The molecule has 10 aromatic rings. The van der Waals surface area contributed by atoms with Gasteiger partial charge in [-0.15, -0.1) is 0 Å². The number of fused-ring (bicyclic) bond motifs is 7. The number of rotatable bonds is 5. The zero-order valence-corrected chi connectivity index (χ0v) is 30.7. The van der Waals surface area contributed by atoms with Crippen LogP contribution in [0.15, 0.2) is 186 Å². The third-order valence-corrected chi connectivity index (χ3v) is 11.7. The zero-order valence-electron chi connectivity index (χ0n) is 30.7. The second kappa shape index (κ2) is 12.7. The largest absolute Gasteiger partial charge is 0.456 e. The number of hydrogen-bond acceptors (Lipinski definition) is 4. The topological polar surface area (TPSA) is 51.8 Å². The van der Waals surface area contributed by atoms with Gasteiger partial charge in [-0.05, 0) is 80.2 Å². The molecule has 8 aromatic carbocycles. The monoisotopic (exact) mass is 717 g/mol. The number of aromatic nitrogens is 3. The van der Waals surface area contributed by atoms with Gasteiger partial charge in [0, 0.05) is 28.0 Å². The molecule has 0 radical (unpaired) electrons. The van der Waals surface area contributed by atoms with E-state index in [0.29, 0.717) is 17.5 Å². The van der Waals surface area contributed by atoms with Gasteiger partial charge in [0.2, 0.25) is 0 Å². The number of para-hydroxylation sites is 1. The Morgan fingerprint density at radius 1 is 0.464 bits per heavy atom. The van der Waals surface area contributed by atoms with Gasteiger partial charge in [-0.3, -0.25) is 0 Å². The van der Waals surface area contributed by atoms with Gasteiger partial charge in [0.1, 0.15) is 17.2 Å². The van der Waals surface area contributed by atoms with Crippen LogP contribution in [0.4, 0.5) is 0 Å². The highest BCUT2D eigenvalue weighted by Gasteiger charge is 2.46. The number of benzene rings is 8. The number of hydrogen-bond donors (Lipinski definition) is 0. The highest BCUT2D eigenvalue weighted by Crippen LogP contribution is 2.52. The Labute approximate surface area is 324 Å². The van der Waals surface area contributed by atoms with Crippen molar-refractivity contribution in [3.8, 4) is 33.9 Å². The molecule has 56 heavy (non-hydrogen) atoms. The number of allylic oxidation sites excluding steroid dienone is 1. The molecule has 264 valence electrons. The Morgan fingerprint density at radius 2 is 1.04 bits per heavy atom. The average Bonchev–Trinajstić information content (AvgIpc) is 3.66. The minimum Gasteiger partial charge on any atom is -0.456 e. The van der Waals surface area contributed by atoms with Gasteiger partial charge in [-0.1, -0.05) is 164 Å². The van der Waals surface area contributed by atoms with Crippen molar-refractivity contribution in [2.24, 2.45) is 0 Å². The molecule has 2 aromatic heterocycles. The molecule has 0 saturated heterocycles. The Hall–Kier alpha value is -7.17. The van der Waals surface area contributed by atoms with Crippen molar-refractivity contribution in [3.63, 3.8) is 0 Å². The molecule has 2 heterocycles. The van der Waals surface area contributed by atoms with Gasteiger partial charge in [0.25, 0.3) is 0 Å². The van der Waals surface area contributed by atoms with Crippen molar-refractivity contribution < 1.29 is 4.42 Å². The van der Waals surface area contributed by atoms with Crippen molar-refractivity contribution in [2.45, 2.75) is 18.3 Å². The molecule has 4 heteroatoms. The molecule has 1 aliphatic carbocycles. The first-order valence-electron chi connectivity index (χ1n) is 19.1. The maximum absolute atomic E-state index is 6.58. The Balaban J connectivity index is 1.17. The average molecular weight is 718 g/mol. The lowest BCUT2D eigenvalue weighted by atomic mass is 9.65. The zero-order chi connectivity index (χ0) is 37.2. The van der Waals surface area contributed by atoms with E-state index in [2.05, 4.69) is 183 Å². The van der Waals surface area contributed by atoms with E-state index < -0.39 is 5.41 Å². The summed E-state index contributed by atoms with van der Waals surface area (Å²) in [4.78, 5) is 16.3. The molecule has 0 bridgehead atoms. The van der Waals surface area contributed by atoms with Crippen molar-refractivity contribution in [1.29, 1.82) is 0 Å². The van der Waals surface area contributed by atoms with Crippen LogP contribution >= 0.6 is 0 Å². The molecule has 2 unspecified atom stereocenters. The third-order valence-electron chi connectivity index (χ3n) is 11.7. The van der Waals surface area contributed by atoms with E-state index in [0.717, 1.165) is 38.8 Å². The van der Waals surface area contributed by atoms with Crippen molar-refractivity contribution >= 4 is 49.4 Å². The molecule has 2 atom stereocenters. The maximum Gasteiger partial charge on any atom is 0.163 e. The van der Waals surface area contributed by atoms with Crippen LogP contribution in [0.3, 0.4) is 0 Å². The number of nitrogens with zero attached hydrogens (tertiary/aromatic N) is 3. The lowest BCUT2D eigenvalue weighted by molar-refractivity contribution is 0.460. The van der Waals surface area contributed by atoms with Gasteiger partial charge < -0.3 is 4.42 Å². The molecule has 11 rings (SSSR count). The fraction of sp³-hybridized carbons (Fsp3) is 0.0577. The molecule has 0 saturated carbocycles. The van der Waals surface area contributed by atoms with E-state index in [9.17, 15) is 0 Å². The van der Waals surface area contributed by atoms with Crippen molar-refractivity contribution in [2.75, 3.05) is 0 Å². The summed E-state index contributed by atoms with van der Waals surface area (Å²) in [6.45, 7) is 2.28. The maximum atomic E-state index is 6.58. The molecule has 0 N–H and O–H groups in total. The van der Waals surface area contributed by atoms with Crippen molar-refractivity contribution in [3.05, 3.63) is 205 Å².